The number of alkyl halides is 3. The van der Waals surface area contributed by atoms with E-state index in [1.54, 1.807) is 30.1 Å². The maximum Gasteiger partial charge on any atom is 0.434 e. The number of nitrogens with one attached hydrogen (secondary N) is 2. The van der Waals surface area contributed by atoms with Crippen LogP contribution in [0, 0.1) is 12.3 Å². The molecule has 6 nitrogen and oxygen atoms in total. The summed E-state index contributed by atoms with van der Waals surface area (Å²) in [6.45, 7) is 2.42. The molecule has 2 aromatic carbocycles. The van der Waals surface area contributed by atoms with Crippen LogP contribution in [0.2, 0.25) is 0 Å². The maximum atomic E-state index is 13.0. The molecule has 4 aromatic rings. The minimum Gasteiger partial charge on any atom is -0.365 e. The molecule has 0 atom stereocenters. The number of rotatable bonds is 7. The molecule has 2 aromatic heterocycles. The minimum absolute atomic E-state index is 0.242. The standard InChI is InChI=1S/C25H23F3N6S/c1-15-5-4-6-19(35-3)21(15)23-31-13-18(11-29)22(33-23)30-12-16-7-9-17(10-8-16)24-32-20(14-34(24)2)25(26,27)28/h4-11,13-14,29H,12H2,1-3H3,(H,30,31,33). The number of halogens is 3. The Morgan fingerprint density at radius 1 is 1.11 bits per heavy atom. The van der Waals surface area contributed by atoms with Gasteiger partial charge in [0.25, 0.3) is 0 Å². The highest BCUT2D eigenvalue weighted by Gasteiger charge is 2.34. The average Bonchev–Trinajstić information content (AvgIpc) is 3.25. The molecule has 0 saturated heterocycles. The molecule has 0 bridgehead atoms. The van der Waals surface area contributed by atoms with Gasteiger partial charge in [-0.3, -0.25) is 0 Å². The van der Waals surface area contributed by atoms with E-state index >= 15 is 0 Å². The van der Waals surface area contributed by atoms with E-state index in [0.717, 1.165) is 27.8 Å². The SMILES string of the molecule is CSc1cccc(C)c1-c1ncc(C=N)c(NCc2ccc(-c3nc(C(F)(F)F)cn3C)cc2)n1. The van der Waals surface area contributed by atoms with E-state index in [-0.39, 0.29) is 5.82 Å². The molecule has 0 aliphatic rings. The second-order valence-electron chi connectivity index (χ2n) is 7.90. The van der Waals surface area contributed by atoms with Crippen LogP contribution >= 0.6 is 11.8 Å². The Balaban J connectivity index is 1.56. The smallest absolute Gasteiger partial charge is 0.365 e. The highest BCUT2D eigenvalue weighted by atomic mass is 32.2. The van der Waals surface area contributed by atoms with Crippen molar-refractivity contribution in [1.29, 1.82) is 5.41 Å². The summed E-state index contributed by atoms with van der Waals surface area (Å²) in [7, 11) is 1.54. The zero-order valence-corrected chi connectivity index (χ0v) is 20.1. The second kappa shape index (κ2) is 9.91. The van der Waals surface area contributed by atoms with Gasteiger partial charge in [-0.15, -0.1) is 11.8 Å². The molecule has 0 fully saturated rings. The van der Waals surface area contributed by atoms with Gasteiger partial charge in [-0.05, 0) is 30.4 Å². The molecule has 2 heterocycles. The molecule has 0 radical (unpaired) electrons. The third-order valence-electron chi connectivity index (χ3n) is 5.49. The predicted octanol–water partition coefficient (Wildman–Crippen LogP) is 6.20. The quantitative estimate of drug-likeness (QED) is 0.235. The lowest BCUT2D eigenvalue weighted by Crippen LogP contribution is -2.07. The van der Waals surface area contributed by atoms with Crippen molar-refractivity contribution in [3.05, 3.63) is 77.2 Å². The van der Waals surface area contributed by atoms with Crippen LogP contribution in [0.15, 0.2) is 59.8 Å². The van der Waals surface area contributed by atoms with Crippen LogP contribution in [-0.2, 0) is 19.8 Å². The average molecular weight is 497 g/mol. The van der Waals surface area contributed by atoms with Gasteiger partial charge in [-0.25, -0.2) is 15.0 Å². The highest BCUT2D eigenvalue weighted by Crippen LogP contribution is 2.32. The highest BCUT2D eigenvalue weighted by molar-refractivity contribution is 7.98. The Morgan fingerprint density at radius 2 is 1.86 bits per heavy atom. The fourth-order valence-corrected chi connectivity index (χ4v) is 4.36. The number of hydrogen-bond donors (Lipinski definition) is 2. The van der Waals surface area contributed by atoms with Crippen LogP contribution in [0.3, 0.4) is 0 Å². The molecule has 180 valence electrons. The number of benzene rings is 2. The topological polar surface area (TPSA) is 79.5 Å². The van der Waals surface area contributed by atoms with Gasteiger partial charge in [0.1, 0.15) is 11.6 Å². The van der Waals surface area contributed by atoms with Gasteiger partial charge in [-0.2, -0.15) is 13.2 Å². The molecule has 2 N–H and O–H groups in total. The van der Waals surface area contributed by atoms with E-state index in [2.05, 4.69) is 15.3 Å². The van der Waals surface area contributed by atoms with E-state index in [0.29, 0.717) is 29.3 Å². The van der Waals surface area contributed by atoms with E-state index in [1.165, 1.54) is 17.8 Å². The summed E-state index contributed by atoms with van der Waals surface area (Å²) < 4.78 is 40.3. The first kappa shape index (κ1) is 24.5. The van der Waals surface area contributed by atoms with Gasteiger partial charge in [0.15, 0.2) is 11.5 Å². The van der Waals surface area contributed by atoms with Crippen LogP contribution in [0.4, 0.5) is 19.0 Å². The number of anilines is 1. The van der Waals surface area contributed by atoms with E-state index in [4.69, 9.17) is 10.4 Å². The number of aromatic nitrogens is 4. The summed E-state index contributed by atoms with van der Waals surface area (Å²) in [5, 5.41) is 11.0. The minimum atomic E-state index is -4.49. The molecule has 0 aliphatic heterocycles. The van der Waals surface area contributed by atoms with Crippen LogP contribution in [0.5, 0.6) is 0 Å². The van der Waals surface area contributed by atoms with Crippen molar-refractivity contribution in [3.8, 4) is 22.8 Å². The van der Waals surface area contributed by atoms with E-state index in [9.17, 15) is 13.2 Å². The Hall–Kier alpha value is -3.66. The normalized spacial score (nSPS) is 11.5. The lowest BCUT2D eigenvalue weighted by atomic mass is 10.1. The van der Waals surface area contributed by atoms with Crippen LogP contribution in [0.1, 0.15) is 22.4 Å². The molecule has 0 aliphatic carbocycles. The summed E-state index contributed by atoms with van der Waals surface area (Å²) in [4.78, 5) is 14.0. The third-order valence-corrected chi connectivity index (χ3v) is 6.27. The van der Waals surface area contributed by atoms with Gasteiger partial charge in [-0.1, -0.05) is 36.4 Å². The molecule has 0 unspecified atom stereocenters. The molecule has 10 heteroatoms. The first-order valence-electron chi connectivity index (χ1n) is 10.7. The van der Waals surface area contributed by atoms with Crippen LogP contribution in [0.25, 0.3) is 22.8 Å². The summed E-state index contributed by atoms with van der Waals surface area (Å²) in [6, 6.07) is 13.1. The zero-order valence-electron chi connectivity index (χ0n) is 19.3. The van der Waals surface area contributed by atoms with Crippen molar-refractivity contribution < 1.29 is 13.2 Å². The fraction of sp³-hybridized carbons (Fsp3) is 0.200. The van der Waals surface area contributed by atoms with Crippen molar-refractivity contribution in [2.24, 2.45) is 7.05 Å². The Labute approximate surface area is 205 Å². The Morgan fingerprint density at radius 3 is 2.49 bits per heavy atom. The number of thioether (sulfide) groups is 1. The van der Waals surface area contributed by atoms with Crippen molar-refractivity contribution in [3.63, 3.8) is 0 Å². The summed E-state index contributed by atoms with van der Waals surface area (Å²) in [5.41, 5.74) is 3.13. The Bertz CT molecular complexity index is 1360. The summed E-state index contributed by atoms with van der Waals surface area (Å²) >= 11 is 1.62. The lowest BCUT2D eigenvalue weighted by molar-refractivity contribution is -0.140. The van der Waals surface area contributed by atoms with Crippen LogP contribution < -0.4 is 5.32 Å². The number of aryl methyl sites for hydroxylation is 2. The third kappa shape index (κ3) is 5.22. The van der Waals surface area contributed by atoms with E-state index in [1.807, 2.05) is 43.5 Å². The molecule has 0 spiro atoms. The molecule has 35 heavy (non-hydrogen) atoms. The summed E-state index contributed by atoms with van der Waals surface area (Å²) in [5.74, 6) is 1.35. The molecular formula is C25H23F3N6S. The van der Waals surface area contributed by atoms with Gasteiger partial charge in [0.05, 0.1) is 5.56 Å². The van der Waals surface area contributed by atoms with Crippen molar-refractivity contribution in [1.82, 2.24) is 19.5 Å². The number of nitrogens with zero attached hydrogens (tertiary/aromatic N) is 4. The first-order valence-corrected chi connectivity index (χ1v) is 11.9. The molecule has 4 rings (SSSR count). The predicted molar refractivity (Wildman–Crippen MR) is 133 cm³/mol. The van der Waals surface area contributed by atoms with Crippen molar-refractivity contribution >= 4 is 23.8 Å². The molecular weight excluding hydrogens is 473 g/mol. The Kier molecular flexibility index (Phi) is 6.93. The molecule has 0 saturated carbocycles. The van der Waals surface area contributed by atoms with Gasteiger partial charge < -0.3 is 15.3 Å². The second-order valence-corrected chi connectivity index (χ2v) is 8.75. The summed E-state index contributed by atoms with van der Waals surface area (Å²) in [6.07, 6.45) is 1.31. The zero-order chi connectivity index (χ0) is 25.2. The number of hydrogen-bond acceptors (Lipinski definition) is 6. The largest absolute Gasteiger partial charge is 0.434 e. The molecule has 0 amide bonds. The van der Waals surface area contributed by atoms with E-state index < -0.39 is 11.9 Å². The van der Waals surface area contributed by atoms with Gasteiger partial charge in [0.2, 0.25) is 0 Å². The van der Waals surface area contributed by atoms with Crippen molar-refractivity contribution in [2.75, 3.05) is 11.6 Å². The number of imidazole rings is 1. The maximum absolute atomic E-state index is 13.0. The fourth-order valence-electron chi connectivity index (χ4n) is 3.68. The first-order chi connectivity index (χ1) is 16.7. The lowest BCUT2D eigenvalue weighted by Gasteiger charge is -2.13. The van der Waals surface area contributed by atoms with Crippen molar-refractivity contribution in [2.45, 2.75) is 24.5 Å². The monoisotopic (exact) mass is 496 g/mol. The van der Waals surface area contributed by atoms with Crippen LogP contribution in [-0.4, -0.2) is 32.0 Å². The van der Waals surface area contributed by atoms with Gasteiger partial charge in [0, 0.05) is 48.2 Å². The van der Waals surface area contributed by atoms with Gasteiger partial charge >= 0.3 is 6.18 Å².